The molecular weight excluding hydrogens is 392 g/mol. The van der Waals surface area contributed by atoms with Crippen molar-refractivity contribution in [3.05, 3.63) is 59.7 Å². The highest BCUT2D eigenvalue weighted by Gasteiger charge is 2.22. The van der Waals surface area contributed by atoms with Gasteiger partial charge in [-0.25, -0.2) is 17.2 Å². The highest BCUT2D eigenvalue weighted by atomic mass is 32.2. The van der Waals surface area contributed by atoms with E-state index in [1.54, 1.807) is 14.1 Å². The van der Waals surface area contributed by atoms with E-state index in [0.29, 0.717) is 5.56 Å². The smallest absolute Gasteiger partial charge is 0.253 e. The van der Waals surface area contributed by atoms with E-state index in [1.165, 1.54) is 29.2 Å². The molecule has 0 fully saturated rings. The number of anilines is 2. The molecule has 0 atom stereocenters. The number of hydrogen-bond donors (Lipinski definition) is 1. The number of carbonyl (C=O) groups excluding carboxylic acids is 2. The van der Waals surface area contributed by atoms with Gasteiger partial charge in [0.1, 0.15) is 23.9 Å². The van der Waals surface area contributed by atoms with Gasteiger partial charge in [0, 0.05) is 19.7 Å². The highest BCUT2D eigenvalue weighted by molar-refractivity contribution is 7.92. The number of rotatable bonds is 6. The summed E-state index contributed by atoms with van der Waals surface area (Å²) >= 11 is 0. The van der Waals surface area contributed by atoms with Crippen LogP contribution in [-0.4, -0.2) is 52.0 Å². The minimum Gasteiger partial charge on any atom is -0.345 e. The molecule has 2 aromatic rings. The standard InChI is InChI=1S/C18H19F2N3O4S/c1-22(2)18(25)12-7-9-13(10-8-12)23(28(3,26)27)11-16(24)21-17-14(19)5-4-6-15(17)20/h4-10H,11H2,1-3H3,(H,21,24). The molecule has 28 heavy (non-hydrogen) atoms. The van der Waals surface area contributed by atoms with Gasteiger partial charge >= 0.3 is 0 Å². The van der Waals surface area contributed by atoms with Crippen LogP contribution < -0.4 is 9.62 Å². The van der Waals surface area contributed by atoms with Crippen molar-refractivity contribution in [3.63, 3.8) is 0 Å². The molecule has 1 N–H and O–H groups in total. The van der Waals surface area contributed by atoms with Crippen LogP contribution >= 0.6 is 0 Å². The maximum atomic E-state index is 13.7. The normalized spacial score (nSPS) is 11.0. The van der Waals surface area contributed by atoms with Crippen molar-refractivity contribution in [3.8, 4) is 0 Å². The summed E-state index contributed by atoms with van der Waals surface area (Å²) in [5.74, 6) is -3.16. The lowest BCUT2D eigenvalue weighted by Crippen LogP contribution is -2.37. The quantitative estimate of drug-likeness (QED) is 0.789. The summed E-state index contributed by atoms with van der Waals surface area (Å²) in [5, 5.41) is 2.04. The zero-order valence-corrected chi connectivity index (χ0v) is 16.3. The Morgan fingerprint density at radius 3 is 2.00 bits per heavy atom. The van der Waals surface area contributed by atoms with E-state index in [0.717, 1.165) is 28.8 Å². The number of sulfonamides is 1. The minimum atomic E-state index is -3.89. The molecule has 10 heteroatoms. The fourth-order valence-corrected chi connectivity index (χ4v) is 3.21. The molecule has 0 saturated carbocycles. The van der Waals surface area contributed by atoms with E-state index in [1.807, 2.05) is 5.32 Å². The van der Waals surface area contributed by atoms with Gasteiger partial charge < -0.3 is 10.2 Å². The maximum Gasteiger partial charge on any atom is 0.253 e. The maximum absolute atomic E-state index is 13.7. The number of para-hydroxylation sites is 1. The first-order chi connectivity index (χ1) is 13.0. The summed E-state index contributed by atoms with van der Waals surface area (Å²) in [5.41, 5.74) is -0.199. The minimum absolute atomic E-state index is 0.127. The Bertz CT molecular complexity index is 972. The van der Waals surface area contributed by atoms with Gasteiger partial charge in [0.05, 0.1) is 11.9 Å². The topological polar surface area (TPSA) is 86.8 Å². The number of benzene rings is 2. The van der Waals surface area contributed by atoms with Gasteiger partial charge in [-0.1, -0.05) is 6.07 Å². The lowest BCUT2D eigenvalue weighted by atomic mass is 10.2. The molecule has 2 aromatic carbocycles. The van der Waals surface area contributed by atoms with Gasteiger partial charge in [0.25, 0.3) is 5.91 Å². The Morgan fingerprint density at radius 2 is 1.54 bits per heavy atom. The Labute approximate surface area is 161 Å². The molecule has 7 nitrogen and oxygen atoms in total. The van der Waals surface area contributed by atoms with Crippen LogP contribution in [0.2, 0.25) is 0 Å². The third kappa shape index (κ3) is 5.03. The van der Waals surface area contributed by atoms with E-state index in [2.05, 4.69) is 0 Å². The predicted molar refractivity (Wildman–Crippen MR) is 102 cm³/mol. The molecule has 0 aliphatic rings. The van der Waals surface area contributed by atoms with Crippen molar-refractivity contribution in [1.82, 2.24) is 4.90 Å². The second-order valence-corrected chi connectivity index (χ2v) is 8.07. The molecule has 0 aliphatic heterocycles. The lowest BCUT2D eigenvalue weighted by molar-refractivity contribution is -0.114. The molecule has 0 saturated heterocycles. The van der Waals surface area contributed by atoms with Crippen LogP contribution in [0.5, 0.6) is 0 Å². The number of nitrogens with one attached hydrogen (secondary N) is 1. The third-order valence-corrected chi connectivity index (χ3v) is 4.86. The molecule has 0 aliphatic carbocycles. The number of hydrogen-bond acceptors (Lipinski definition) is 4. The fourth-order valence-electron chi connectivity index (χ4n) is 2.36. The average molecular weight is 411 g/mol. The summed E-state index contributed by atoms with van der Waals surface area (Å²) in [6.45, 7) is -0.701. The monoisotopic (exact) mass is 411 g/mol. The van der Waals surface area contributed by atoms with Crippen LogP contribution in [0.3, 0.4) is 0 Å². The predicted octanol–water partition coefficient (Wildman–Crippen LogP) is 2.07. The van der Waals surface area contributed by atoms with Crippen LogP contribution in [0.1, 0.15) is 10.4 Å². The van der Waals surface area contributed by atoms with Crippen LogP contribution in [0, 0.1) is 11.6 Å². The van der Waals surface area contributed by atoms with Gasteiger partial charge in [0.15, 0.2) is 0 Å². The Balaban J connectivity index is 2.25. The van der Waals surface area contributed by atoms with E-state index < -0.39 is 39.8 Å². The largest absolute Gasteiger partial charge is 0.345 e. The summed E-state index contributed by atoms with van der Waals surface area (Å²) in [6.07, 6.45) is 0.892. The lowest BCUT2D eigenvalue weighted by Gasteiger charge is -2.22. The van der Waals surface area contributed by atoms with Crippen LogP contribution in [0.25, 0.3) is 0 Å². The number of amides is 2. The number of nitrogens with zero attached hydrogens (tertiary/aromatic N) is 2. The molecule has 2 rings (SSSR count). The first-order valence-electron chi connectivity index (χ1n) is 8.04. The Hall–Kier alpha value is -3.01. The van der Waals surface area contributed by atoms with Crippen molar-refractivity contribution in [2.45, 2.75) is 0 Å². The zero-order valence-electron chi connectivity index (χ0n) is 15.4. The Kier molecular flexibility index (Phi) is 6.34. The van der Waals surface area contributed by atoms with E-state index in [4.69, 9.17) is 0 Å². The van der Waals surface area contributed by atoms with Crippen LogP contribution in [0.15, 0.2) is 42.5 Å². The fraction of sp³-hybridized carbons (Fsp3) is 0.222. The molecule has 0 bridgehead atoms. The third-order valence-electron chi connectivity index (χ3n) is 3.72. The average Bonchev–Trinajstić information content (AvgIpc) is 2.61. The van der Waals surface area contributed by atoms with E-state index >= 15 is 0 Å². The molecule has 2 amide bonds. The van der Waals surface area contributed by atoms with Gasteiger partial charge in [-0.3, -0.25) is 13.9 Å². The first kappa shape index (κ1) is 21.3. The molecule has 0 aromatic heterocycles. The van der Waals surface area contributed by atoms with E-state index in [-0.39, 0.29) is 11.6 Å². The summed E-state index contributed by atoms with van der Waals surface area (Å²) in [7, 11) is -0.736. The number of halogens is 2. The van der Waals surface area contributed by atoms with E-state index in [9.17, 15) is 26.8 Å². The van der Waals surface area contributed by atoms with Crippen molar-refractivity contribution in [1.29, 1.82) is 0 Å². The van der Waals surface area contributed by atoms with Crippen molar-refractivity contribution in [2.75, 3.05) is 36.5 Å². The van der Waals surface area contributed by atoms with Crippen molar-refractivity contribution in [2.24, 2.45) is 0 Å². The molecule has 150 valence electrons. The van der Waals surface area contributed by atoms with Gasteiger partial charge in [-0.15, -0.1) is 0 Å². The van der Waals surface area contributed by atoms with Gasteiger partial charge in [0.2, 0.25) is 15.9 Å². The van der Waals surface area contributed by atoms with Crippen molar-refractivity contribution >= 4 is 33.2 Å². The summed E-state index contributed by atoms with van der Waals surface area (Å²) < 4.78 is 52.3. The molecule has 0 heterocycles. The molecule has 0 unspecified atom stereocenters. The SMILES string of the molecule is CN(C)C(=O)c1ccc(N(CC(=O)Nc2c(F)cccc2F)S(C)(=O)=O)cc1. The van der Waals surface area contributed by atoms with Crippen LogP contribution in [0.4, 0.5) is 20.2 Å². The molecule has 0 radical (unpaired) electrons. The second-order valence-electron chi connectivity index (χ2n) is 6.16. The Morgan fingerprint density at radius 1 is 1.00 bits per heavy atom. The first-order valence-corrected chi connectivity index (χ1v) is 9.89. The zero-order chi connectivity index (χ0) is 21.1. The van der Waals surface area contributed by atoms with Crippen LogP contribution in [-0.2, 0) is 14.8 Å². The molecular formula is C18H19F2N3O4S. The summed E-state index contributed by atoms with van der Waals surface area (Å²) in [4.78, 5) is 25.5. The summed E-state index contributed by atoms with van der Waals surface area (Å²) in [6, 6.07) is 8.65. The van der Waals surface area contributed by atoms with Gasteiger partial charge in [-0.2, -0.15) is 0 Å². The van der Waals surface area contributed by atoms with Crippen molar-refractivity contribution < 1.29 is 26.8 Å². The molecule has 0 spiro atoms. The highest BCUT2D eigenvalue weighted by Crippen LogP contribution is 2.21. The number of carbonyl (C=O) groups is 2. The second kappa shape index (κ2) is 8.34. The van der Waals surface area contributed by atoms with Gasteiger partial charge in [-0.05, 0) is 36.4 Å².